The van der Waals surface area contributed by atoms with Crippen LogP contribution < -0.4 is 10.6 Å². The summed E-state index contributed by atoms with van der Waals surface area (Å²) in [5.41, 5.74) is 5.49. The zero-order valence-corrected chi connectivity index (χ0v) is 23.6. The molecule has 0 saturated carbocycles. The average Bonchev–Trinajstić information content (AvgIpc) is 2.92. The van der Waals surface area contributed by atoms with E-state index in [4.69, 9.17) is 4.99 Å². The first kappa shape index (κ1) is 26.8. The largest absolute Gasteiger partial charge is 0.340 e. The van der Waals surface area contributed by atoms with Crippen LogP contribution in [0.15, 0.2) is 95.1 Å². The maximum atomic E-state index is 13.6. The Balaban J connectivity index is 1.44. The van der Waals surface area contributed by atoms with Gasteiger partial charge in [-0.3, -0.25) is 9.59 Å². The number of hydrogen-bond acceptors (Lipinski definition) is 5. The van der Waals surface area contributed by atoms with E-state index in [1.807, 2.05) is 85.8 Å². The molecule has 200 valence electrons. The predicted octanol–water partition coefficient (Wildman–Crippen LogP) is 7.00. The molecule has 2 heterocycles. The highest BCUT2D eigenvalue weighted by molar-refractivity contribution is 8.13. The number of hydrogen-bond donors (Lipinski definition) is 2. The van der Waals surface area contributed by atoms with Gasteiger partial charge in [-0.25, -0.2) is 4.99 Å². The van der Waals surface area contributed by atoms with Gasteiger partial charge in [0.15, 0.2) is 5.17 Å². The summed E-state index contributed by atoms with van der Waals surface area (Å²) in [5.74, 6) is 0.668. The summed E-state index contributed by atoms with van der Waals surface area (Å²) >= 11 is 1.72. The van der Waals surface area contributed by atoms with Gasteiger partial charge in [0.25, 0.3) is 11.8 Å². The van der Waals surface area contributed by atoms with Crippen LogP contribution in [0.5, 0.6) is 0 Å². The molecule has 1 fully saturated rings. The molecule has 0 aromatic heterocycles. The van der Waals surface area contributed by atoms with Crippen LogP contribution in [0.2, 0.25) is 0 Å². The first-order chi connectivity index (χ1) is 18.7. The van der Waals surface area contributed by atoms with Crippen molar-refractivity contribution in [3.63, 3.8) is 0 Å². The maximum absolute atomic E-state index is 13.6. The van der Waals surface area contributed by atoms with E-state index in [1.54, 1.807) is 11.8 Å². The van der Waals surface area contributed by atoms with E-state index in [-0.39, 0.29) is 23.3 Å². The number of allylic oxidation sites excluding steroid dienone is 1. The van der Waals surface area contributed by atoms with Gasteiger partial charge in [-0.2, -0.15) is 0 Å². The second kappa shape index (κ2) is 11.1. The summed E-state index contributed by atoms with van der Waals surface area (Å²) in [6, 6.07) is 24.7. The normalized spacial score (nSPS) is 17.3. The molecule has 1 atom stereocenters. The van der Waals surface area contributed by atoms with Crippen molar-refractivity contribution in [1.29, 1.82) is 0 Å². The number of carbonyl (C=O) groups excluding carboxylic acids is 2. The highest BCUT2D eigenvalue weighted by Gasteiger charge is 2.37. The van der Waals surface area contributed by atoms with Gasteiger partial charge in [0, 0.05) is 29.2 Å². The van der Waals surface area contributed by atoms with Crippen molar-refractivity contribution in [3.05, 3.63) is 107 Å². The van der Waals surface area contributed by atoms with Gasteiger partial charge in [0.1, 0.15) is 0 Å². The van der Waals surface area contributed by atoms with Crippen LogP contribution in [0.25, 0.3) is 0 Å². The summed E-state index contributed by atoms with van der Waals surface area (Å²) in [7, 11) is 0. The zero-order chi connectivity index (χ0) is 27.6. The molecule has 0 spiro atoms. The summed E-state index contributed by atoms with van der Waals surface area (Å²) < 4.78 is 0. The zero-order valence-electron chi connectivity index (χ0n) is 22.8. The monoisotopic (exact) mass is 538 g/mol. The lowest BCUT2D eigenvalue weighted by atomic mass is 9.86. The van der Waals surface area contributed by atoms with E-state index in [1.165, 1.54) is 5.56 Å². The number of anilines is 2. The third-order valence-electron chi connectivity index (χ3n) is 7.01. The second-order valence-electron chi connectivity index (χ2n) is 10.9. The molecule has 2 aliphatic rings. The number of amides is 2. The maximum Gasteiger partial charge on any atom is 0.255 e. The fourth-order valence-corrected chi connectivity index (χ4v) is 5.96. The topological polar surface area (TPSA) is 73.8 Å². The standard InChI is InChI=1S/C32H34N4O2S/c1-21-27(30(38)34-25-11-6-5-7-12-25)28(36-18-9-19-39-31(36)33-21)23-10-8-13-26(20-23)35-29(37)22-14-16-24(17-15-22)32(2,3)4/h5-8,10-17,20,28H,9,18-19H2,1-4H3,(H,34,38)(H,35,37). The van der Waals surface area contributed by atoms with Gasteiger partial charge in [-0.1, -0.05) is 75.0 Å². The minimum Gasteiger partial charge on any atom is -0.340 e. The van der Waals surface area contributed by atoms with Crippen molar-refractivity contribution >= 4 is 40.1 Å². The van der Waals surface area contributed by atoms with Crippen LogP contribution in [0.3, 0.4) is 0 Å². The number of aliphatic imine (C=N–C) groups is 1. The van der Waals surface area contributed by atoms with Gasteiger partial charge < -0.3 is 15.5 Å². The molecular weight excluding hydrogens is 504 g/mol. The molecule has 2 N–H and O–H groups in total. The number of carbonyl (C=O) groups is 2. The number of fused-ring (bicyclic) bond motifs is 1. The SMILES string of the molecule is CC1=C(C(=O)Nc2ccccc2)C(c2cccc(NC(=O)c3ccc(C(C)(C)C)cc3)c2)N2CCCSC2=N1. The van der Waals surface area contributed by atoms with Gasteiger partial charge in [0.05, 0.1) is 17.3 Å². The molecule has 6 nitrogen and oxygen atoms in total. The van der Waals surface area contributed by atoms with Crippen molar-refractivity contribution in [1.82, 2.24) is 4.90 Å². The lowest BCUT2D eigenvalue weighted by molar-refractivity contribution is -0.113. The Morgan fingerprint density at radius 1 is 0.897 bits per heavy atom. The lowest BCUT2D eigenvalue weighted by Crippen LogP contribution is -2.43. The molecule has 0 aliphatic carbocycles. The smallest absolute Gasteiger partial charge is 0.255 e. The van der Waals surface area contributed by atoms with Crippen LogP contribution in [-0.2, 0) is 10.2 Å². The van der Waals surface area contributed by atoms with Gasteiger partial charge >= 0.3 is 0 Å². The Morgan fingerprint density at radius 3 is 2.31 bits per heavy atom. The number of benzene rings is 3. The Labute approximate surface area is 234 Å². The predicted molar refractivity (Wildman–Crippen MR) is 161 cm³/mol. The Kier molecular flexibility index (Phi) is 7.62. The summed E-state index contributed by atoms with van der Waals surface area (Å²) in [4.78, 5) is 33.8. The average molecular weight is 539 g/mol. The highest BCUT2D eigenvalue weighted by Crippen LogP contribution is 2.40. The quantitative estimate of drug-likeness (QED) is 0.367. The molecule has 3 aromatic carbocycles. The van der Waals surface area contributed by atoms with E-state index in [9.17, 15) is 9.59 Å². The molecule has 1 saturated heterocycles. The van der Waals surface area contributed by atoms with Crippen LogP contribution in [-0.4, -0.2) is 34.2 Å². The first-order valence-corrected chi connectivity index (χ1v) is 14.3. The first-order valence-electron chi connectivity index (χ1n) is 13.3. The molecule has 2 aliphatic heterocycles. The molecule has 1 unspecified atom stereocenters. The van der Waals surface area contributed by atoms with E-state index in [2.05, 4.69) is 36.3 Å². The van der Waals surface area contributed by atoms with E-state index in [0.717, 1.165) is 35.1 Å². The number of para-hydroxylation sites is 1. The molecule has 2 amide bonds. The third-order valence-corrected chi connectivity index (χ3v) is 8.08. The van der Waals surface area contributed by atoms with Gasteiger partial charge in [-0.15, -0.1) is 0 Å². The molecule has 5 rings (SSSR count). The molecule has 0 bridgehead atoms. The summed E-state index contributed by atoms with van der Waals surface area (Å²) in [6.07, 6.45) is 1.01. The molecular formula is C32H34N4O2S. The number of amidine groups is 1. The van der Waals surface area contributed by atoms with Crippen molar-refractivity contribution in [2.45, 2.75) is 45.6 Å². The van der Waals surface area contributed by atoms with Crippen molar-refractivity contribution in [2.24, 2.45) is 4.99 Å². The summed E-state index contributed by atoms with van der Waals surface area (Å²) in [6.45, 7) is 9.17. The molecule has 3 aromatic rings. The fourth-order valence-electron chi connectivity index (χ4n) is 4.94. The highest BCUT2D eigenvalue weighted by atomic mass is 32.2. The molecule has 7 heteroatoms. The van der Waals surface area contributed by atoms with Crippen LogP contribution >= 0.6 is 11.8 Å². The van der Waals surface area contributed by atoms with Gasteiger partial charge in [0.2, 0.25) is 0 Å². The van der Waals surface area contributed by atoms with Crippen molar-refractivity contribution < 1.29 is 9.59 Å². The van der Waals surface area contributed by atoms with E-state index >= 15 is 0 Å². The van der Waals surface area contributed by atoms with E-state index in [0.29, 0.717) is 22.5 Å². The number of nitrogens with zero attached hydrogens (tertiary/aromatic N) is 2. The minimum atomic E-state index is -0.308. The minimum absolute atomic E-state index is 0.0222. The number of nitrogens with one attached hydrogen (secondary N) is 2. The van der Waals surface area contributed by atoms with Crippen LogP contribution in [0.1, 0.15) is 61.6 Å². The van der Waals surface area contributed by atoms with Gasteiger partial charge in [-0.05, 0) is 66.3 Å². The summed E-state index contributed by atoms with van der Waals surface area (Å²) in [5, 5.41) is 7.04. The van der Waals surface area contributed by atoms with Crippen LogP contribution in [0.4, 0.5) is 11.4 Å². The Bertz CT molecular complexity index is 1440. The lowest BCUT2D eigenvalue weighted by Gasteiger charge is -2.41. The molecule has 39 heavy (non-hydrogen) atoms. The van der Waals surface area contributed by atoms with Crippen molar-refractivity contribution in [2.75, 3.05) is 22.9 Å². The Morgan fingerprint density at radius 2 is 1.59 bits per heavy atom. The van der Waals surface area contributed by atoms with E-state index < -0.39 is 0 Å². The van der Waals surface area contributed by atoms with Crippen LogP contribution in [0, 0.1) is 0 Å². The third kappa shape index (κ3) is 5.93. The van der Waals surface area contributed by atoms with Crippen molar-refractivity contribution in [3.8, 4) is 0 Å². The Hall–Kier alpha value is -3.84. The number of thioether (sulfide) groups is 1. The second-order valence-corrected chi connectivity index (χ2v) is 12.0. The molecule has 0 radical (unpaired) electrons. The number of rotatable bonds is 5. The fraction of sp³-hybridized carbons (Fsp3) is 0.281.